The zero-order chi connectivity index (χ0) is 23.4. The molecule has 7 heteroatoms. The highest BCUT2D eigenvalue weighted by atomic mass is 16.2. The minimum atomic E-state index is -0.394. The van der Waals surface area contributed by atoms with Crippen LogP contribution in [0.2, 0.25) is 0 Å². The van der Waals surface area contributed by atoms with Crippen LogP contribution in [0, 0.1) is 12.1 Å². The van der Waals surface area contributed by atoms with Gasteiger partial charge in [-0.25, -0.2) is 0 Å². The Morgan fingerprint density at radius 1 is 1.15 bits per heavy atom. The zero-order valence-corrected chi connectivity index (χ0v) is 19.3. The quantitative estimate of drug-likeness (QED) is 0.488. The molecule has 0 saturated carbocycles. The molecule has 5 N–H and O–H groups in total. The maximum absolute atomic E-state index is 12.7. The number of nitrogens with one attached hydrogen (secondary N) is 5. The summed E-state index contributed by atoms with van der Waals surface area (Å²) in [5.41, 5.74) is 1.91. The summed E-state index contributed by atoms with van der Waals surface area (Å²) in [4.78, 5) is 27.8. The fourth-order valence-corrected chi connectivity index (χ4v) is 3.91. The van der Waals surface area contributed by atoms with E-state index in [9.17, 15) is 9.59 Å². The normalized spacial score (nSPS) is 18.6. The van der Waals surface area contributed by atoms with Gasteiger partial charge in [-0.1, -0.05) is 45.1 Å². The Morgan fingerprint density at radius 3 is 2.64 bits per heavy atom. The Balaban J connectivity index is 1.44. The number of aromatic amines is 1. The van der Waals surface area contributed by atoms with Gasteiger partial charge in [0.05, 0.1) is 17.4 Å². The molecule has 172 valence electrons. The standard InChI is InChI=1S/C26H31N5O2/c1-26(2,3)19-9-7-17(8-10-19)24(32)31-22-15-18(16-28-25(22)33)21-5-4-6-23(30-21)29-20-11-13-27-14-12-20/h4-7,9,15-16,20-21,27,29-30H,11-14H2,1-3H3,(H,28,33)(H,31,32). The van der Waals surface area contributed by atoms with Gasteiger partial charge in [0.1, 0.15) is 5.69 Å². The van der Waals surface area contributed by atoms with Gasteiger partial charge >= 0.3 is 0 Å². The number of H-pyrrole nitrogens is 1. The molecule has 0 spiro atoms. The van der Waals surface area contributed by atoms with Gasteiger partial charge in [0.25, 0.3) is 11.5 Å². The second-order valence-corrected chi connectivity index (χ2v) is 9.55. The Hall–Kier alpha value is -3.50. The number of hydrogen-bond acceptors (Lipinski definition) is 5. The van der Waals surface area contributed by atoms with Crippen LogP contribution < -0.4 is 26.8 Å². The molecule has 1 aromatic carbocycles. The predicted molar refractivity (Wildman–Crippen MR) is 130 cm³/mol. The number of rotatable bonds is 5. The second kappa shape index (κ2) is 9.55. The van der Waals surface area contributed by atoms with E-state index in [1.54, 1.807) is 18.3 Å². The highest BCUT2D eigenvalue weighted by Crippen LogP contribution is 2.21. The lowest BCUT2D eigenvalue weighted by atomic mass is 9.88. The van der Waals surface area contributed by atoms with Crippen LogP contribution >= 0.6 is 0 Å². The smallest absolute Gasteiger partial charge is 0.271 e. The van der Waals surface area contributed by atoms with Crippen LogP contribution in [0.25, 0.3) is 0 Å². The maximum atomic E-state index is 12.7. The molecule has 0 bridgehead atoms. The first-order valence-electron chi connectivity index (χ1n) is 11.4. The molecule has 4 rings (SSSR count). The monoisotopic (exact) mass is 445 g/mol. The molecule has 1 aromatic heterocycles. The summed E-state index contributed by atoms with van der Waals surface area (Å²) < 4.78 is 0. The number of carbonyl (C=O) groups excluding carboxylic acids is 1. The van der Waals surface area contributed by atoms with Crippen molar-refractivity contribution in [2.24, 2.45) is 0 Å². The highest BCUT2D eigenvalue weighted by molar-refractivity contribution is 6.03. The van der Waals surface area contributed by atoms with Gasteiger partial charge in [-0.2, -0.15) is 0 Å². The summed E-state index contributed by atoms with van der Waals surface area (Å²) in [5.74, 6) is 0.560. The number of piperidine rings is 1. The van der Waals surface area contributed by atoms with E-state index in [4.69, 9.17) is 0 Å². The lowest BCUT2D eigenvalue weighted by Crippen LogP contribution is -2.43. The van der Waals surface area contributed by atoms with Crippen molar-refractivity contribution in [3.05, 3.63) is 87.6 Å². The Bertz CT molecular complexity index is 1100. The van der Waals surface area contributed by atoms with E-state index in [2.05, 4.69) is 59.2 Å². The number of amides is 1. The molecule has 7 nitrogen and oxygen atoms in total. The van der Waals surface area contributed by atoms with Gasteiger partial charge in [-0.05, 0) is 61.2 Å². The molecule has 3 heterocycles. The summed E-state index contributed by atoms with van der Waals surface area (Å²) in [5, 5.41) is 13.1. The van der Waals surface area contributed by atoms with Crippen LogP contribution in [0.4, 0.5) is 5.69 Å². The first-order valence-corrected chi connectivity index (χ1v) is 11.4. The maximum Gasteiger partial charge on any atom is 0.271 e. The number of anilines is 1. The van der Waals surface area contributed by atoms with E-state index in [0.717, 1.165) is 42.9 Å². The van der Waals surface area contributed by atoms with Crippen molar-refractivity contribution in [2.45, 2.75) is 51.1 Å². The fourth-order valence-electron chi connectivity index (χ4n) is 3.91. The Morgan fingerprint density at radius 2 is 1.94 bits per heavy atom. The molecule has 0 aliphatic carbocycles. The number of aromatic nitrogens is 1. The van der Waals surface area contributed by atoms with Gasteiger partial charge in [0, 0.05) is 17.8 Å². The van der Waals surface area contributed by atoms with Crippen molar-refractivity contribution < 1.29 is 4.79 Å². The van der Waals surface area contributed by atoms with Gasteiger partial charge in [0.2, 0.25) is 0 Å². The third kappa shape index (κ3) is 5.65. The highest BCUT2D eigenvalue weighted by Gasteiger charge is 2.19. The molecule has 2 aromatic rings. The van der Waals surface area contributed by atoms with Crippen molar-refractivity contribution in [1.29, 1.82) is 0 Å². The van der Waals surface area contributed by atoms with Gasteiger partial charge in [0.15, 0.2) is 0 Å². The average molecular weight is 446 g/mol. The molecule has 1 atom stereocenters. The van der Waals surface area contributed by atoms with E-state index in [1.807, 2.05) is 24.3 Å². The third-order valence-electron chi connectivity index (χ3n) is 5.91. The summed E-state index contributed by atoms with van der Waals surface area (Å²) in [6.07, 6.45) is 9.85. The average Bonchev–Trinajstić information content (AvgIpc) is 2.81. The summed E-state index contributed by atoms with van der Waals surface area (Å²) in [6, 6.07) is 11.6. The van der Waals surface area contributed by atoms with E-state index >= 15 is 0 Å². The van der Waals surface area contributed by atoms with Crippen LogP contribution in [0.3, 0.4) is 0 Å². The molecular weight excluding hydrogens is 414 g/mol. The molecule has 1 fully saturated rings. The van der Waals surface area contributed by atoms with E-state index in [1.165, 1.54) is 0 Å². The number of carbonyl (C=O) groups is 1. The number of allylic oxidation sites excluding steroid dienone is 2. The lowest BCUT2D eigenvalue weighted by Gasteiger charge is -2.29. The van der Waals surface area contributed by atoms with E-state index < -0.39 is 5.91 Å². The number of dihydropyridines is 1. The van der Waals surface area contributed by atoms with Crippen LogP contribution in [-0.4, -0.2) is 30.0 Å². The lowest BCUT2D eigenvalue weighted by molar-refractivity contribution is 0.102. The van der Waals surface area contributed by atoms with Crippen LogP contribution in [0.1, 0.15) is 61.1 Å². The summed E-state index contributed by atoms with van der Waals surface area (Å²) >= 11 is 0. The fraction of sp³-hybridized carbons (Fsp3) is 0.385. The number of hydrogen-bond donors (Lipinski definition) is 5. The summed E-state index contributed by atoms with van der Waals surface area (Å²) in [7, 11) is 0. The molecule has 1 unspecified atom stereocenters. The minimum Gasteiger partial charge on any atom is -0.369 e. The van der Waals surface area contributed by atoms with Crippen molar-refractivity contribution >= 4 is 11.6 Å². The van der Waals surface area contributed by atoms with Crippen LogP contribution in [-0.2, 0) is 5.41 Å². The molecule has 1 amide bonds. The Kier molecular flexibility index (Phi) is 6.57. The van der Waals surface area contributed by atoms with Crippen molar-refractivity contribution in [3.63, 3.8) is 0 Å². The van der Waals surface area contributed by atoms with Gasteiger partial charge in [-0.15, -0.1) is 0 Å². The van der Waals surface area contributed by atoms with Crippen molar-refractivity contribution in [1.82, 2.24) is 20.9 Å². The number of pyridine rings is 1. The van der Waals surface area contributed by atoms with Crippen LogP contribution in [0.5, 0.6) is 0 Å². The zero-order valence-electron chi connectivity index (χ0n) is 19.3. The van der Waals surface area contributed by atoms with Gasteiger partial charge < -0.3 is 26.3 Å². The molecule has 33 heavy (non-hydrogen) atoms. The molecule has 0 radical (unpaired) electrons. The molecule has 2 aliphatic rings. The van der Waals surface area contributed by atoms with Crippen molar-refractivity contribution in [3.8, 4) is 0 Å². The second-order valence-electron chi connectivity index (χ2n) is 9.55. The first kappa shape index (κ1) is 22.7. The Labute approximate surface area is 194 Å². The van der Waals surface area contributed by atoms with Crippen LogP contribution in [0.15, 0.2) is 53.2 Å². The first-order chi connectivity index (χ1) is 15.8. The molecule has 2 aliphatic heterocycles. The third-order valence-corrected chi connectivity index (χ3v) is 5.91. The van der Waals surface area contributed by atoms with E-state index in [0.29, 0.717) is 11.6 Å². The topological polar surface area (TPSA) is 98.0 Å². The van der Waals surface area contributed by atoms with E-state index in [-0.39, 0.29) is 22.7 Å². The minimum absolute atomic E-state index is 0.0759. The molecule has 1 saturated heterocycles. The largest absolute Gasteiger partial charge is 0.369 e. The SMILES string of the molecule is CC(C)(C)c1c#cc(C(=O)Nc2cc(C3C=CC=C(NC4CCNCC4)N3)c[nH]c2=O)cc1. The predicted octanol–water partition coefficient (Wildman–Crippen LogP) is 2.91. The van der Waals surface area contributed by atoms with Crippen molar-refractivity contribution in [2.75, 3.05) is 18.4 Å². The van der Waals surface area contributed by atoms with Gasteiger partial charge in [-0.3, -0.25) is 9.59 Å². The molecular formula is C26H31N5O2. The summed E-state index contributed by atoms with van der Waals surface area (Å²) in [6.45, 7) is 8.26.